The van der Waals surface area contributed by atoms with E-state index in [1.807, 2.05) is 0 Å². The minimum absolute atomic E-state index is 0.308. The molecule has 1 atom stereocenters. The molecule has 1 heterocycles. The van der Waals surface area contributed by atoms with E-state index in [-0.39, 0.29) is 5.82 Å². The third kappa shape index (κ3) is 2.18. The third-order valence-electron chi connectivity index (χ3n) is 2.03. The SMILES string of the molecule is O=C(O)C1CSC(c2ccc(F)cc2)=N1. The fourth-order valence-electron chi connectivity index (χ4n) is 1.25. The molecule has 1 aromatic rings. The van der Waals surface area contributed by atoms with E-state index in [1.54, 1.807) is 12.1 Å². The van der Waals surface area contributed by atoms with Gasteiger partial charge >= 0.3 is 5.97 Å². The number of aliphatic imine (C=N–C) groups is 1. The van der Waals surface area contributed by atoms with Crippen LogP contribution in [0.2, 0.25) is 0 Å². The van der Waals surface area contributed by atoms with Crippen molar-refractivity contribution >= 4 is 22.8 Å². The van der Waals surface area contributed by atoms with Crippen LogP contribution < -0.4 is 0 Å². The summed E-state index contributed by atoms with van der Waals surface area (Å²) in [4.78, 5) is 14.7. The summed E-state index contributed by atoms with van der Waals surface area (Å²) in [5, 5.41) is 9.41. The number of carboxylic acid groups (broad SMARTS) is 1. The van der Waals surface area contributed by atoms with Gasteiger partial charge in [-0.05, 0) is 24.3 Å². The van der Waals surface area contributed by atoms with E-state index in [2.05, 4.69) is 4.99 Å². The van der Waals surface area contributed by atoms with E-state index >= 15 is 0 Å². The summed E-state index contributed by atoms with van der Waals surface area (Å²) in [5.74, 6) is -0.779. The molecule has 1 unspecified atom stereocenters. The molecule has 0 aliphatic carbocycles. The summed E-state index contributed by atoms with van der Waals surface area (Å²) < 4.78 is 12.6. The Morgan fingerprint density at radius 3 is 2.67 bits per heavy atom. The number of hydrogen-bond donors (Lipinski definition) is 1. The first-order valence-corrected chi connectivity index (χ1v) is 5.35. The highest BCUT2D eigenvalue weighted by atomic mass is 32.2. The van der Waals surface area contributed by atoms with Crippen molar-refractivity contribution in [2.75, 3.05) is 5.75 Å². The largest absolute Gasteiger partial charge is 0.480 e. The summed E-state index contributed by atoms with van der Waals surface area (Å²) in [6.45, 7) is 0. The Labute approximate surface area is 90.0 Å². The lowest BCUT2D eigenvalue weighted by molar-refractivity contribution is -0.137. The average molecular weight is 225 g/mol. The molecular weight excluding hydrogens is 217 g/mol. The van der Waals surface area contributed by atoms with Crippen LogP contribution in [0.25, 0.3) is 0 Å². The molecule has 0 saturated carbocycles. The number of carbonyl (C=O) groups is 1. The van der Waals surface area contributed by atoms with Crippen molar-refractivity contribution in [1.82, 2.24) is 0 Å². The van der Waals surface area contributed by atoms with Gasteiger partial charge in [0.25, 0.3) is 0 Å². The Bertz CT molecular complexity index is 416. The Kier molecular flexibility index (Phi) is 2.73. The van der Waals surface area contributed by atoms with Gasteiger partial charge in [0.1, 0.15) is 5.82 Å². The second-order valence-electron chi connectivity index (χ2n) is 3.11. The van der Waals surface area contributed by atoms with Gasteiger partial charge in [-0.3, -0.25) is 4.99 Å². The van der Waals surface area contributed by atoms with Crippen molar-refractivity contribution < 1.29 is 14.3 Å². The van der Waals surface area contributed by atoms with Crippen molar-refractivity contribution in [1.29, 1.82) is 0 Å². The summed E-state index contributed by atoms with van der Waals surface area (Å²) >= 11 is 1.38. The summed E-state index contributed by atoms with van der Waals surface area (Å²) in [6, 6.07) is 5.21. The van der Waals surface area contributed by atoms with Crippen LogP contribution in [0.4, 0.5) is 4.39 Å². The molecule has 0 radical (unpaired) electrons. The van der Waals surface area contributed by atoms with E-state index in [0.717, 1.165) is 5.56 Å². The zero-order valence-electron chi connectivity index (χ0n) is 7.68. The first-order chi connectivity index (χ1) is 7.16. The van der Waals surface area contributed by atoms with Gasteiger partial charge in [-0.1, -0.05) is 0 Å². The molecule has 78 valence electrons. The second kappa shape index (κ2) is 4.02. The van der Waals surface area contributed by atoms with Crippen LogP contribution in [0.15, 0.2) is 29.3 Å². The maximum absolute atomic E-state index is 12.6. The predicted octanol–water partition coefficient (Wildman–Crippen LogP) is 1.77. The predicted molar refractivity (Wildman–Crippen MR) is 56.8 cm³/mol. The Hall–Kier alpha value is -1.36. The molecule has 5 heteroatoms. The van der Waals surface area contributed by atoms with E-state index in [0.29, 0.717) is 10.8 Å². The zero-order valence-corrected chi connectivity index (χ0v) is 8.50. The van der Waals surface area contributed by atoms with Crippen LogP contribution in [0.5, 0.6) is 0 Å². The summed E-state index contributed by atoms with van der Waals surface area (Å²) in [6.07, 6.45) is 0. The summed E-state index contributed by atoms with van der Waals surface area (Å²) in [5.41, 5.74) is 0.769. The van der Waals surface area contributed by atoms with Gasteiger partial charge in [-0.25, -0.2) is 9.18 Å². The molecule has 0 fully saturated rings. The van der Waals surface area contributed by atoms with Gasteiger partial charge in [-0.15, -0.1) is 11.8 Å². The van der Waals surface area contributed by atoms with Gasteiger partial charge < -0.3 is 5.11 Å². The molecule has 0 bridgehead atoms. The molecule has 2 rings (SSSR count). The number of hydrogen-bond acceptors (Lipinski definition) is 3. The lowest BCUT2D eigenvalue weighted by Gasteiger charge is -1.97. The fraction of sp³-hybridized carbons (Fsp3) is 0.200. The molecular formula is C10H8FNO2S. The number of rotatable bonds is 2. The van der Waals surface area contributed by atoms with Gasteiger partial charge in [0, 0.05) is 11.3 Å². The molecule has 1 aliphatic rings. The Balaban J connectivity index is 2.22. The summed E-state index contributed by atoms with van der Waals surface area (Å²) in [7, 11) is 0. The molecule has 3 nitrogen and oxygen atoms in total. The number of nitrogens with zero attached hydrogens (tertiary/aromatic N) is 1. The maximum atomic E-state index is 12.6. The van der Waals surface area contributed by atoms with Crippen molar-refractivity contribution in [3.8, 4) is 0 Å². The highest BCUT2D eigenvalue weighted by Crippen LogP contribution is 2.23. The van der Waals surface area contributed by atoms with Gasteiger partial charge in [0.05, 0.1) is 5.04 Å². The van der Waals surface area contributed by atoms with E-state index < -0.39 is 12.0 Å². The maximum Gasteiger partial charge on any atom is 0.329 e. The molecule has 0 saturated heterocycles. The Morgan fingerprint density at radius 2 is 2.13 bits per heavy atom. The van der Waals surface area contributed by atoms with Crippen LogP contribution in [-0.2, 0) is 4.79 Å². The van der Waals surface area contributed by atoms with Crippen LogP contribution >= 0.6 is 11.8 Å². The minimum atomic E-state index is -0.917. The molecule has 1 aliphatic heterocycles. The molecule has 0 spiro atoms. The highest BCUT2D eigenvalue weighted by molar-refractivity contribution is 8.14. The monoisotopic (exact) mass is 225 g/mol. The lowest BCUT2D eigenvalue weighted by atomic mass is 10.2. The quantitative estimate of drug-likeness (QED) is 0.834. The minimum Gasteiger partial charge on any atom is -0.480 e. The van der Waals surface area contributed by atoms with Crippen LogP contribution in [-0.4, -0.2) is 27.9 Å². The van der Waals surface area contributed by atoms with Crippen LogP contribution in [0.1, 0.15) is 5.56 Å². The molecule has 0 aromatic heterocycles. The topological polar surface area (TPSA) is 49.7 Å². The molecule has 0 amide bonds. The lowest BCUT2D eigenvalue weighted by Crippen LogP contribution is -2.17. The van der Waals surface area contributed by atoms with Crippen LogP contribution in [0, 0.1) is 5.82 Å². The number of benzene rings is 1. The van der Waals surface area contributed by atoms with E-state index in [9.17, 15) is 9.18 Å². The fourth-order valence-corrected chi connectivity index (χ4v) is 2.29. The molecule has 15 heavy (non-hydrogen) atoms. The van der Waals surface area contributed by atoms with Crippen molar-refractivity contribution in [3.05, 3.63) is 35.6 Å². The number of aliphatic carboxylic acids is 1. The molecule has 1 N–H and O–H groups in total. The first-order valence-electron chi connectivity index (χ1n) is 4.36. The van der Waals surface area contributed by atoms with Gasteiger partial charge in [0.15, 0.2) is 6.04 Å². The van der Waals surface area contributed by atoms with Crippen molar-refractivity contribution in [2.24, 2.45) is 4.99 Å². The number of carboxylic acids is 1. The van der Waals surface area contributed by atoms with Gasteiger partial charge in [-0.2, -0.15) is 0 Å². The third-order valence-corrected chi connectivity index (χ3v) is 3.12. The number of halogens is 1. The number of thioether (sulfide) groups is 1. The smallest absolute Gasteiger partial charge is 0.329 e. The second-order valence-corrected chi connectivity index (χ2v) is 4.11. The van der Waals surface area contributed by atoms with Crippen molar-refractivity contribution in [2.45, 2.75) is 6.04 Å². The standard InChI is InChI=1S/C10H8FNO2S/c11-7-3-1-6(2-4-7)9-12-8(5-15-9)10(13)14/h1-4,8H,5H2,(H,13,14). The van der Waals surface area contributed by atoms with E-state index in [4.69, 9.17) is 5.11 Å². The van der Waals surface area contributed by atoms with E-state index in [1.165, 1.54) is 23.9 Å². The van der Waals surface area contributed by atoms with Crippen LogP contribution in [0.3, 0.4) is 0 Å². The van der Waals surface area contributed by atoms with Crippen molar-refractivity contribution in [3.63, 3.8) is 0 Å². The zero-order chi connectivity index (χ0) is 10.8. The Morgan fingerprint density at radius 1 is 1.47 bits per heavy atom. The molecule has 1 aromatic carbocycles. The van der Waals surface area contributed by atoms with Gasteiger partial charge in [0.2, 0.25) is 0 Å². The highest BCUT2D eigenvalue weighted by Gasteiger charge is 2.24. The average Bonchev–Trinajstić information content (AvgIpc) is 2.68. The first kappa shape index (κ1) is 10.2. The normalized spacial score (nSPS) is 20.1.